The molecule has 0 saturated heterocycles. The molecule has 1 unspecified atom stereocenters. The van der Waals surface area contributed by atoms with Crippen molar-refractivity contribution in [2.75, 3.05) is 39.5 Å². The first-order chi connectivity index (χ1) is 15.5. The number of benzene rings is 2. The molecule has 0 saturated carbocycles. The lowest BCUT2D eigenvalue weighted by Crippen LogP contribution is -2.27. The fourth-order valence-electron chi connectivity index (χ4n) is 2.87. The Morgan fingerprint density at radius 3 is 2.56 bits per heavy atom. The fraction of sp³-hybridized carbons (Fsp3) is 0.348. The van der Waals surface area contributed by atoms with Gasteiger partial charge in [-0.15, -0.1) is 10.2 Å². The summed E-state index contributed by atoms with van der Waals surface area (Å²) < 4.78 is 23.5. The molecule has 1 N–H and O–H groups in total. The van der Waals surface area contributed by atoms with Crippen LogP contribution in [0.25, 0.3) is 11.5 Å². The van der Waals surface area contributed by atoms with Crippen molar-refractivity contribution in [2.45, 2.75) is 12.2 Å². The van der Waals surface area contributed by atoms with Gasteiger partial charge in [0.2, 0.25) is 11.8 Å². The highest BCUT2D eigenvalue weighted by Crippen LogP contribution is 2.19. The molecule has 0 fully saturated rings. The molecule has 0 radical (unpaired) electrons. The van der Waals surface area contributed by atoms with Crippen molar-refractivity contribution in [1.29, 1.82) is 0 Å². The van der Waals surface area contributed by atoms with E-state index in [0.29, 0.717) is 41.8 Å². The van der Waals surface area contributed by atoms with E-state index in [4.69, 9.17) is 9.15 Å². The first kappa shape index (κ1) is 23.6. The highest BCUT2D eigenvalue weighted by molar-refractivity contribution is 7.84. The second-order valence-electron chi connectivity index (χ2n) is 7.44. The van der Waals surface area contributed by atoms with E-state index in [0.717, 1.165) is 18.7 Å². The van der Waals surface area contributed by atoms with Gasteiger partial charge in [-0.2, -0.15) is 0 Å². The van der Waals surface area contributed by atoms with Crippen LogP contribution >= 0.6 is 0 Å². The lowest BCUT2D eigenvalue weighted by atomic mass is 10.1. The van der Waals surface area contributed by atoms with Crippen LogP contribution in [0.5, 0.6) is 5.75 Å². The summed E-state index contributed by atoms with van der Waals surface area (Å²) in [5.41, 5.74) is 1.27. The largest absolute Gasteiger partial charge is 0.493 e. The quantitative estimate of drug-likeness (QED) is 0.419. The Bertz CT molecular complexity index is 1010. The molecule has 0 aliphatic carbocycles. The third kappa shape index (κ3) is 7.58. The first-order valence-corrected chi connectivity index (χ1v) is 11.9. The number of hydrogen-bond donors (Lipinski definition) is 1. The van der Waals surface area contributed by atoms with Crippen LogP contribution in [0.4, 0.5) is 0 Å². The molecule has 1 heterocycles. The monoisotopic (exact) mass is 456 g/mol. The molecule has 1 amide bonds. The van der Waals surface area contributed by atoms with Crippen LogP contribution in [0.1, 0.15) is 22.7 Å². The number of amides is 1. The lowest BCUT2D eigenvalue weighted by Gasteiger charge is -2.10. The molecule has 170 valence electrons. The second kappa shape index (κ2) is 12.1. The van der Waals surface area contributed by atoms with Crippen molar-refractivity contribution in [3.63, 3.8) is 0 Å². The first-order valence-electron chi connectivity index (χ1n) is 10.4. The zero-order chi connectivity index (χ0) is 22.8. The zero-order valence-corrected chi connectivity index (χ0v) is 19.1. The zero-order valence-electron chi connectivity index (χ0n) is 18.3. The fourth-order valence-corrected chi connectivity index (χ4v) is 3.68. The van der Waals surface area contributed by atoms with Gasteiger partial charge in [-0.25, -0.2) is 0 Å². The van der Waals surface area contributed by atoms with E-state index >= 15 is 0 Å². The maximum Gasteiger partial charge on any atom is 0.251 e. The predicted molar refractivity (Wildman–Crippen MR) is 124 cm³/mol. The lowest BCUT2D eigenvalue weighted by molar-refractivity contribution is 0.0952. The van der Waals surface area contributed by atoms with Gasteiger partial charge in [0.25, 0.3) is 5.91 Å². The molecule has 0 bridgehead atoms. The van der Waals surface area contributed by atoms with E-state index in [2.05, 4.69) is 20.4 Å². The van der Waals surface area contributed by atoms with Crippen LogP contribution in [0, 0.1) is 0 Å². The Morgan fingerprint density at radius 2 is 1.84 bits per heavy atom. The number of para-hydroxylation sites is 1. The highest BCUT2D eigenvalue weighted by Gasteiger charge is 2.13. The van der Waals surface area contributed by atoms with Gasteiger partial charge in [-0.3, -0.25) is 9.00 Å². The summed E-state index contributed by atoms with van der Waals surface area (Å²) in [4.78, 5) is 14.3. The van der Waals surface area contributed by atoms with Gasteiger partial charge in [0.05, 0.1) is 12.4 Å². The van der Waals surface area contributed by atoms with E-state index in [-0.39, 0.29) is 11.7 Å². The summed E-state index contributed by atoms with van der Waals surface area (Å²) in [5.74, 6) is 1.80. The van der Waals surface area contributed by atoms with E-state index in [1.807, 2.05) is 44.4 Å². The number of nitrogens with one attached hydrogen (secondary N) is 1. The Labute approximate surface area is 190 Å². The molecule has 0 aliphatic heterocycles. The van der Waals surface area contributed by atoms with E-state index in [9.17, 15) is 9.00 Å². The molecule has 8 nitrogen and oxygen atoms in total. The smallest absolute Gasteiger partial charge is 0.251 e. The minimum Gasteiger partial charge on any atom is -0.493 e. The van der Waals surface area contributed by atoms with Crippen molar-refractivity contribution in [2.24, 2.45) is 0 Å². The number of ether oxygens (including phenoxy) is 1. The number of aromatic nitrogens is 2. The van der Waals surface area contributed by atoms with Gasteiger partial charge in [0.15, 0.2) is 0 Å². The molecule has 0 aliphatic rings. The molecular weight excluding hydrogens is 428 g/mol. The number of hydrogen-bond acceptors (Lipinski definition) is 7. The summed E-state index contributed by atoms with van der Waals surface area (Å²) in [6, 6.07) is 16.4. The van der Waals surface area contributed by atoms with Gasteiger partial charge in [-0.05, 0) is 63.5 Å². The number of rotatable bonds is 12. The summed E-state index contributed by atoms with van der Waals surface area (Å²) in [6.07, 6.45) is 0.890. The van der Waals surface area contributed by atoms with Crippen LogP contribution < -0.4 is 10.1 Å². The standard InChI is InChI=1S/C23H28N4O4S/c1-27(2)14-6-13-24-22(28)18-9-11-19(12-10-18)23-26-25-21(31-23)17-32(29)16-15-30-20-7-4-3-5-8-20/h3-5,7-12H,6,13-17H2,1-2H3,(H,24,28). The molecule has 3 rings (SSSR count). The minimum absolute atomic E-state index is 0.116. The van der Waals surface area contributed by atoms with Gasteiger partial charge >= 0.3 is 0 Å². The van der Waals surface area contributed by atoms with E-state index in [1.165, 1.54) is 0 Å². The SMILES string of the molecule is CN(C)CCCNC(=O)c1ccc(-c2nnc(CS(=O)CCOc3ccccc3)o2)cc1. The van der Waals surface area contributed by atoms with Gasteiger partial charge in [-0.1, -0.05) is 18.2 Å². The molecule has 9 heteroatoms. The van der Waals surface area contributed by atoms with Crippen molar-refractivity contribution in [1.82, 2.24) is 20.4 Å². The van der Waals surface area contributed by atoms with Crippen LogP contribution in [-0.2, 0) is 16.6 Å². The van der Waals surface area contributed by atoms with Crippen LogP contribution in [-0.4, -0.2) is 64.8 Å². The Balaban J connectivity index is 1.46. The van der Waals surface area contributed by atoms with Crippen LogP contribution in [0.2, 0.25) is 0 Å². The Morgan fingerprint density at radius 1 is 1.09 bits per heavy atom. The molecule has 1 aromatic heterocycles. The van der Waals surface area contributed by atoms with Crippen LogP contribution in [0.15, 0.2) is 59.0 Å². The molecule has 0 spiro atoms. The van der Waals surface area contributed by atoms with E-state index < -0.39 is 10.8 Å². The van der Waals surface area contributed by atoms with Crippen molar-refractivity contribution < 1.29 is 18.2 Å². The summed E-state index contributed by atoms with van der Waals surface area (Å²) >= 11 is 0. The Hall–Kier alpha value is -3.04. The average molecular weight is 457 g/mol. The number of carbonyl (C=O) groups excluding carboxylic acids is 1. The van der Waals surface area contributed by atoms with E-state index in [1.54, 1.807) is 24.3 Å². The number of nitrogens with zero attached hydrogens (tertiary/aromatic N) is 3. The van der Waals surface area contributed by atoms with Gasteiger partial charge in [0, 0.05) is 28.5 Å². The van der Waals surface area contributed by atoms with Crippen LogP contribution in [0.3, 0.4) is 0 Å². The summed E-state index contributed by atoms with van der Waals surface area (Å²) in [5, 5.41) is 10.9. The van der Waals surface area contributed by atoms with Crippen molar-refractivity contribution >= 4 is 16.7 Å². The average Bonchev–Trinajstić information content (AvgIpc) is 3.25. The van der Waals surface area contributed by atoms with Gasteiger partial charge in [0.1, 0.15) is 11.5 Å². The highest BCUT2D eigenvalue weighted by atomic mass is 32.2. The maximum absolute atomic E-state index is 12.3. The second-order valence-corrected chi connectivity index (χ2v) is 9.02. The minimum atomic E-state index is -1.18. The molecule has 2 aromatic carbocycles. The van der Waals surface area contributed by atoms with Crippen molar-refractivity contribution in [3.8, 4) is 17.2 Å². The topological polar surface area (TPSA) is 97.6 Å². The normalized spacial score (nSPS) is 12.0. The third-order valence-corrected chi connectivity index (χ3v) is 5.73. The predicted octanol–water partition coefficient (Wildman–Crippen LogP) is 2.75. The summed E-state index contributed by atoms with van der Waals surface area (Å²) in [6.45, 7) is 1.89. The Kier molecular flexibility index (Phi) is 8.94. The molecular formula is C23H28N4O4S. The van der Waals surface area contributed by atoms with Crippen molar-refractivity contribution in [3.05, 3.63) is 66.1 Å². The molecule has 3 aromatic rings. The molecule has 32 heavy (non-hydrogen) atoms. The maximum atomic E-state index is 12.3. The number of carbonyl (C=O) groups is 1. The molecule has 1 atom stereocenters. The van der Waals surface area contributed by atoms with Gasteiger partial charge < -0.3 is 19.4 Å². The third-order valence-electron chi connectivity index (χ3n) is 4.54. The summed E-state index contributed by atoms with van der Waals surface area (Å²) in [7, 11) is 2.82.